The Bertz CT molecular complexity index is 645. The molecule has 1 aromatic rings. The molecule has 2 rings (SSSR count). The fourth-order valence-corrected chi connectivity index (χ4v) is 2.23. The van der Waals surface area contributed by atoms with Crippen LogP contribution in [0.2, 0.25) is 0 Å². The second-order valence-electron chi connectivity index (χ2n) is 5.41. The minimum atomic E-state index is -0.866. The first-order valence-corrected chi connectivity index (χ1v) is 7.71. The van der Waals surface area contributed by atoms with Crippen molar-refractivity contribution in [3.05, 3.63) is 35.1 Å². The van der Waals surface area contributed by atoms with Crippen molar-refractivity contribution in [2.75, 3.05) is 7.05 Å². The van der Waals surface area contributed by atoms with Crippen LogP contribution in [0, 0.1) is 5.82 Å². The largest absolute Gasteiger partial charge is 0.330 e. The fourth-order valence-electron chi connectivity index (χ4n) is 2.23. The molecule has 1 aliphatic heterocycles. The number of benzene rings is 1. The van der Waals surface area contributed by atoms with Gasteiger partial charge in [0.1, 0.15) is 11.9 Å². The summed E-state index contributed by atoms with van der Waals surface area (Å²) in [5.74, 6) is -2.61. The molecule has 24 heavy (non-hydrogen) atoms. The van der Waals surface area contributed by atoms with Gasteiger partial charge in [-0.05, 0) is 12.5 Å². The minimum absolute atomic E-state index is 0.0841. The first-order valence-electron chi connectivity index (χ1n) is 7.71. The molecule has 0 saturated carbocycles. The van der Waals surface area contributed by atoms with Crippen molar-refractivity contribution in [1.82, 2.24) is 10.2 Å². The lowest BCUT2D eigenvalue weighted by Gasteiger charge is -2.30. The van der Waals surface area contributed by atoms with Crippen LogP contribution in [0.4, 0.5) is 4.39 Å². The van der Waals surface area contributed by atoms with Gasteiger partial charge in [-0.1, -0.05) is 32.4 Å². The Labute approximate surface area is 140 Å². The molecular weight excluding hydrogens is 315 g/mol. The van der Waals surface area contributed by atoms with E-state index in [0.717, 1.165) is 11.0 Å². The summed E-state index contributed by atoms with van der Waals surface area (Å²) < 4.78 is 13.8. The van der Waals surface area contributed by atoms with Gasteiger partial charge in [0.25, 0.3) is 5.91 Å². The van der Waals surface area contributed by atoms with Crippen molar-refractivity contribution in [2.45, 2.75) is 39.2 Å². The van der Waals surface area contributed by atoms with Gasteiger partial charge in [0.15, 0.2) is 6.29 Å². The van der Waals surface area contributed by atoms with Gasteiger partial charge in [0.05, 0.1) is 5.56 Å². The summed E-state index contributed by atoms with van der Waals surface area (Å²) >= 11 is 0. The molecule has 1 fully saturated rings. The van der Waals surface area contributed by atoms with Gasteiger partial charge in [-0.15, -0.1) is 0 Å². The smallest absolute Gasteiger partial charge is 0.257 e. The summed E-state index contributed by atoms with van der Waals surface area (Å²) in [6, 6.07) is 2.84. The van der Waals surface area contributed by atoms with Crippen LogP contribution < -0.4 is 5.32 Å². The number of amides is 3. The second-order valence-corrected chi connectivity index (χ2v) is 5.41. The maximum absolute atomic E-state index is 13.8. The third-order valence-corrected chi connectivity index (χ3v) is 3.38. The van der Waals surface area contributed by atoms with Gasteiger partial charge >= 0.3 is 0 Å². The zero-order chi connectivity index (χ0) is 18.3. The molecule has 1 N–H and O–H groups in total. The summed E-state index contributed by atoms with van der Waals surface area (Å²) in [7, 11) is 1.34. The van der Waals surface area contributed by atoms with Gasteiger partial charge in [0, 0.05) is 19.0 Å². The average molecular weight is 336 g/mol. The standard InChI is InChI=1S/C14H13FN2O4.C3H8/c1-17(10-5-6-11(19)16-13(10)20)14(21)12-8(7-18)3-2-4-9(12)15;1-3-2/h2-4,7,10H,5-6H2,1H3,(H,16,19,20);3H2,1-2H3. The molecule has 0 radical (unpaired) electrons. The van der Waals surface area contributed by atoms with Crippen LogP contribution in [0.1, 0.15) is 53.8 Å². The molecule has 0 aromatic heterocycles. The number of nitrogens with zero attached hydrogens (tertiary/aromatic N) is 1. The van der Waals surface area contributed by atoms with E-state index in [1.807, 2.05) is 0 Å². The highest BCUT2D eigenvalue weighted by Crippen LogP contribution is 2.18. The van der Waals surface area contributed by atoms with Crippen LogP contribution in [-0.4, -0.2) is 42.0 Å². The van der Waals surface area contributed by atoms with E-state index in [9.17, 15) is 23.6 Å². The number of hydrogen-bond acceptors (Lipinski definition) is 4. The lowest BCUT2D eigenvalue weighted by atomic mass is 10.0. The second kappa shape index (κ2) is 8.90. The monoisotopic (exact) mass is 336 g/mol. The predicted octanol–water partition coefficient (Wildman–Crippen LogP) is 1.93. The highest BCUT2D eigenvalue weighted by atomic mass is 19.1. The Hall–Kier alpha value is -2.57. The van der Waals surface area contributed by atoms with Crippen molar-refractivity contribution < 1.29 is 23.6 Å². The van der Waals surface area contributed by atoms with Crippen LogP contribution >= 0.6 is 0 Å². The van der Waals surface area contributed by atoms with Crippen molar-refractivity contribution in [2.24, 2.45) is 0 Å². The lowest BCUT2D eigenvalue weighted by molar-refractivity contribution is -0.136. The SMILES string of the molecule is CCC.CN(C(=O)c1c(F)cccc1C=O)C1CCC(=O)NC1=O. The highest BCUT2D eigenvalue weighted by Gasteiger charge is 2.34. The van der Waals surface area contributed by atoms with E-state index in [4.69, 9.17) is 0 Å². The zero-order valence-corrected chi connectivity index (χ0v) is 14.0. The van der Waals surface area contributed by atoms with E-state index in [-0.39, 0.29) is 24.0 Å². The average Bonchev–Trinajstić information content (AvgIpc) is 2.54. The normalized spacial score (nSPS) is 16.6. The van der Waals surface area contributed by atoms with Gasteiger partial charge in [-0.3, -0.25) is 24.5 Å². The number of rotatable bonds is 3. The Balaban J connectivity index is 0.000000891. The number of nitrogens with one attached hydrogen (secondary N) is 1. The number of piperidine rings is 1. The number of aldehydes is 1. The third-order valence-electron chi connectivity index (χ3n) is 3.38. The molecule has 7 heteroatoms. The summed E-state index contributed by atoms with van der Waals surface area (Å²) in [5.41, 5.74) is -0.459. The molecule has 1 aromatic carbocycles. The topological polar surface area (TPSA) is 83.6 Å². The highest BCUT2D eigenvalue weighted by molar-refractivity contribution is 6.06. The molecular formula is C17H21FN2O4. The quantitative estimate of drug-likeness (QED) is 0.675. The van der Waals surface area contributed by atoms with Crippen molar-refractivity contribution in [1.29, 1.82) is 0 Å². The Morgan fingerprint density at radius 1 is 1.38 bits per heavy atom. The number of carbonyl (C=O) groups is 4. The zero-order valence-electron chi connectivity index (χ0n) is 14.0. The van der Waals surface area contributed by atoms with E-state index in [2.05, 4.69) is 19.2 Å². The predicted molar refractivity (Wildman–Crippen MR) is 86.0 cm³/mol. The lowest BCUT2D eigenvalue weighted by Crippen LogP contribution is -2.53. The number of likely N-dealkylation sites (N-methyl/N-ethyl adjacent to an activating group) is 1. The first kappa shape index (κ1) is 19.5. The Morgan fingerprint density at radius 3 is 2.54 bits per heavy atom. The van der Waals surface area contributed by atoms with Crippen LogP contribution in [0.3, 0.4) is 0 Å². The van der Waals surface area contributed by atoms with E-state index >= 15 is 0 Å². The molecule has 3 amide bonds. The van der Waals surface area contributed by atoms with Gasteiger partial charge in [-0.2, -0.15) is 0 Å². The molecule has 0 aliphatic carbocycles. The Kier molecular flexibility index (Phi) is 7.23. The molecule has 0 spiro atoms. The Morgan fingerprint density at radius 2 is 2.00 bits per heavy atom. The fraction of sp³-hybridized carbons (Fsp3) is 0.412. The van der Waals surface area contributed by atoms with E-state index < -0.39 is 29.6 Å². The van der Waals surface area contributed by atoms with Crippen LogP contribution in [0.15, 0.2) is 18.2 Å². The van der Waals surface area contributed by atoms with Crippen LogP contribution in [-0.2, 0) is 9.59 Å². The first-order chi connectivity index (χ1) is 11.4. The van der Waals surface area contributed by atoms with Crippen molar-refractivity contribution >= 4 is 24.0 Å². The van der Waals surface area contributed by atoms with E-state index in [1.54, 1.807) is 0 Å². The molecule has 6 nitrogen and oxygen atoms in total. The van der Waals surface area contributed by atoms with E-state index in [0.29, 0.717) is 6.29 Å². The molecule has 130 valence electrons. The maximum atomic E-state index is 13.8. The third kappa shape index (κ3) is 4.47. The molecule has 1 aliphatic rings. The molecule has 1 saturated heterocycles. The van der Waals surface area contributed by atoms with Crippen LogP contribution in [0.5, 0.6) is 0 Å². The van der Waals surface area contributed by atoms with Gasteiger partial charge in [-0.25, -0.2) is 4.39 Å². The van der Waals surface area contributed by atoms with Crippen molar-refractivity contribution in [3.63, 3.8) is 0 Å². The summed E-state index contributed by atoms with van der Waals surface area (Å²) in [5, 5.41) is 2.12. The van der Waals surface area contributed by atoms with Gasteiger partial charge in [0.2, 0.25) is 11.8 Å². The summed E-state index contributed by atoms with van der Waals surface area (Å²) in [6.07, 6.45) is 1.90. The molecule has 1 atom stereocenters. The maximum Gasteiger partial charge on any atom is 0.257 e. The summed E-state index contributed by atoms with van der Waals surface area (Å²) in [4.78, 5) is 47.1. The van der Waals surface area contributed by atoms with Crippen LogP contribution in [0.25, 0.3) is 0 Å². The number of halogens is 1. The number of hydrogen-bond donors (Lipinski definition) is 1. The number of imide groups is 1. The molecule has 1 unspecified atom stereocenters. The minimum Gasteiger partial charge on any atom is -0.330 e. The summed E-state index contributed by atoms with van der Waals surface area (Å²) in [6.45, 7) is 4.25. The van der Waals surface area contributed by atoms with Gasteiger partial charge < -0.3 is 4.90 Å². The molecule has 1 heterocycles. The molecule has 0 bridgehead atoms. The van der Waals surface area contributed by atoms with E-state index in [1.165, 1.54) is 25.6 Å². The van der Waals surface area contributed by atoms with Crippen molar-refractivity contribution in [3.8, 4) is 0 Å². The number of carbonyl (C=O) groups excluding carboxylic acids is 4.